The zero-order chi connectivity index (χ0) is 18.5. The van der Waals surface area contributed by atoms with Crippen LogP contribution in [0.4, 0.5) is 4.79 Å². The normalized spacial score (nSPS) is 14.2. The minimum Gasteiger partial charge on any atom is -0.339 e. The third-order valence-electron chi connectivity index (χ3n) is 4.62. The minimum absolute atomic E-state index is 0.175. The molecular weight excluding hydrogens is 332 g/mol. The number of urea groups is 1. The van der Waals surface area contributed by atoms with Crippen molar-refractivity contribution in [1.82, 2.24) is 30.6 Å². The quantitative estimate of drug-likeness (QED) is 0.771. The summed E-state index contributed by atoms with van der Waals surface area (Å²) < 4.78 is 5.22. The van der Waals surface area contributed by atoms with Gasteiger partial charge in [-0.15, -0.1) is 0 Å². The SMILES string of the molecule is CC(C)Cc1nc(CN(C)C(=O)NCc2n[nH]c3c2CCCCC3)no1. The summed E-state index contributed by atoms with van der Waals surface area (Å²) in [5.41, 5.74) is 3.45. The van der Waals surface area contributed by atoms with Gasteiger partial charge in [-0.2, -0.15) is 10.1 Å². The number of nitrogens with one attached hydrogen (secondary N) is 2. The molecule has 2 amide bonds. The highest BCUT2D eigenvalue weighted by Crippen LogP contribution is 2.21. The Morgan fingerprint density at radius 2 is 2.12 bits per heavy atom. The first-order valence-electron chi connectivity index (χ1n) is 9.38. The molecule has 0 fully saturated rings. The number of nitrogens with zero attached hydrogens (tertiary/aromatic N) is 4. The van der Waals surface area contributed by atoms with Gasteiger partial charge < -0.3 is 14.7 Å². The largest absolute Gasteiger partial charge is 0.339 e. The molecule has 0 radical (unpaired) electrons. The molecule has 0 saturated carbocycles. The van der Waals surface area contributed by atoms with E-state index in [0.717, 1.165) is 25.0 Å². The highest BCUT2D eigenvalue weighted by Gasteiger charge is 2.18. The lowest BCUT2D eigenvalue weighted by Crippen LogP contribution is -2.36. The van der Waals surface area contributed by atoms with Crippen LogP contribution in [-0.2, 0) is 32.4 Å². The van der Waals surface area contributed by atoms with E-state index in [1.807, 2.05) is 0 Å². The fourth-order valence-electron chi connectivity index (χ4n) is 3.24. The molecular formula is C18H28N6O2. The molecule has 3 rings (SSSR count). The molecule has 0 bridgehead atoms. The Labute approximate surface area is 153 Å². The zero-order valence-electron chi connectivity index (χ0n) is 15.8. The average Bonchev–Trinajstić information content (AvgIpc) is 3.11. The van der Waals surface area contributed by atoms with Crippen molar-refractivity contribution in [2.75, 3.05) is 7.05 Å². The summed E-state index contributed by atoms with van der Waals surface area (Å²) in [6.07, 6.45) is 6.46. The molecule has 8 nitrogen and oxygen atoms in total. The molecule has 2 aromatic rings. The van der Waals surface area contributed by atoms with Crippen LogP contribution in [0.5, 0.6) is 0 Å². The fourth-order valence-corrected chi connectivity index (χ4v) is 3.24. The molecule has 0 aliphatic heterocycles. The van der Waals surface area contributed by atoms with Crippen LogP contribution < -0.4 is 5.32 Å². The van der Waals surface area contributed by atoms with Gasteiger partial charge in [0.15, 0.2) is 5.82 Å². The van der Waals surface area contributed by atoms with Gasteiger partial charge in [0.05, 0.1) is 18.8 Å². The summed E-state index contributed by atoms with van der Waals surface area (Å²) in [6, 6.07) is -0.175. The number of rotatable bonds is 6. The van der Waals surface area contributed by atoms with Crippen LogP contribution in [0.2, 0.25) is 0 Å². The van der Waals surface area contributed by atoms with Gasteiger partial charge >= 0.3 is 6.03 Å². The third-order valence-corrected chi connectivity index (χ3v) is 4.62. The second-order valence-electron chi connectivity index (χ2n) is 7.41. The van der Waals surface area contributed by atoms with Gasteiger partial charge in [0.1, 0.15) is 0 Å². The lowest BCUT2D eigenvalue weighted by atomic mass is 10.1. The van der Waals surface area contributed by atoms with Crippen LogP contribution in [-0.4, -0.2) is 38.3 Å². The Bertz CT molecular complexity index is 736. The van der Waals surface area contributed by atoms with E-state index < -0.39 is 0 Å². The minimum atomic E-state index is -0.175. The van der Waals surface area contributed by atoms with E-state index in [4.69, 9.17) is 4.52 Å². The molecule has 8 heteroatoms. The number of H-pyrrole nitrogens is 1. The fraction of sp³-hybridized carbons (Fsp3) is 0.667. The summed E-state index contributed by atoms with van der Waals surface area (Å²) in [4.78, 5) is 18.2. The molecule has 0 saturated heterocycles. The Morgan fingerprint density at radius 1 is 1.31 bits per heavy atom. The first-order valence-corrected chi connectivity index (χ1v) is 9.38. The van der Waals surface area contributed by atoms with Crippen LogP contribution >= 0.6 is 0 Å². The first-order chi connectivity index (χ1) is 12.5. The Hall–Kier alpha value is -2.38. The summed E-state index contributed by atoms with van der Waals surface area (Å²) in [7, 11) is 1.72. The maximum Gasteiger partial charge on any atom is 0.317 e. The number of hydrogen-bond donors (Lipinski definition) is 2. The highest BCUT2D eigenvalue weighted by molar-refractivity contribution is 5.73. The molecule has 0 spiro atoms. The molecule has 2 N–H and O–H groups in total. The topological polar surface area (TPSA) is 99.9 Å². The van der Waals surface area contributed by atoms with Crippen molar-refractivity contribution in [3.8, 4) is 0 Å². The third kappa shape index (κ3) is 4.62. The van der Waals surface area contributed by atoms with Gasteiger partial charge in [-0.3, -0.25) is 5.10 Å². The average molecular weight is 360 g/mol. The number of aromatic amines is 1. The lowest BCUT2D eigenvalue weighted by Gasteiger charge is -2.15. The van der Waals surface area contributed by atoms with Crippen molar-refractivity contribution in [3.05, 3.63) is 28.7 Å². The van der Waals surface area contributed by atoms with Gasteiger partial charge in [0.25, 0.3) is 0 Å². The van der Waals surface area contributed by atoms with Crippen LogP contribution in [0.25, 0.3) is 0 Å². The van der Waals surface area contributed by atoms with E-state index in [-0.39, 0.29) is 6.03 Å². The van der Waals surface area contributed by atoms with E-state index in [1.54, 1.807) is 11.9 Å². The lowest BCUT2D eigenvalue weighted by molar-refractivity contribution is 0.204. The number of carbonyl (C=O) groups excluding carboxylic acids is 1. The monoisotopic (exact) mass is 360 g/mol. The molecule has 1 aliphatic rings. The second-order valence-corrected chi connectivity index (χ2v) is 7.41. The van der Waals surface area contributed by atoms with Gasteiger partial charge in [-0.1, -0.05) is 25.4 Å². The maximum atomic E-state index is 12.4. The number of fused-ring (bicyclic) bond motifs is 1. The summed E-state index contributed by atoms with van der Waals surface area (Å²) >= 11 is 0. The van der Waals surface area contributed by atoms with Crippen molar-refractivity contribution >= 4 is 6.03 Å². The maximum absolute atomic E-state index is 12.4. The Kier molecular flexibility index (Phi) is 5.90. The van der Waals surface area contributed by atoms with Crippen LogP contribution in [0.1, 0.15) is 61.8 Å². The summed E-state index contributed by atoms with van der Waals surface area (Å²) in [5.74, 6) is 1.59. The van der Waals surface area contributed by atoms with E-state index in [9.17, 15) is 4.79 Å². The molecule has 2 aromatic heterocycles. The number of carbonyl (C=O) groups is 1. The molecule has 1 aliphatic carbocycles. The van der Waals surface area contributed by atoms with Crippen LogP contribution in [0.15, 0.2) is 4.52 Å². The van der Waals surface area contributed by atoms with E-state index in [1.165, 1.54) is 30.5 Å². The molecule has 142 valence electrons. The first kappa shape index (κ1) is 18.4. The predicted octanol–water partition coefficient (Wildman–Crippen LogP) is 2.60. The second kappa shape index (κ2) is 8.33. The molecule has 0 aromatic carbocycles. The molecule has 0 unspecified atom stereocenters. The van der Waals surface area contributed by atoms with Crippen molar-refractivity contribution in [2.24, 2.45) is 5.92 Å². The number of aromatic nitrogens is 4. The zero-order valence-corrected chi connectivity index (χ0v) is 15.8. The van der Waals surface area contributed by atoms with Gasteiger partial charge in [-0.25, -0.2) is 4.79 Å². The van der Waals surface area contributed by atoms with Gasteiger partial charge in [0.2, 0.25) is 5.89 Å². The molecule has 26 heavy (non-hydrogen) atoms. The molecule has 2 heterocycles. The van der Waals surface area contributed by atoms with Gasteiger partial charge in [0, 0.05) is 19.2 Å². The van der Waals surface area contributed by atoms with E-state index >= 15 is 0 Å². The van der Waals surface area contributed by atoms with Crippen molar-refractivity contribution in [3.63, 3.8) is 0 Å². The number of aryl methyl sites for hydroxylation is 1. The molecule has 0 atom stereocenters. The van der Waals surface area contributed by atoms with Crippen molar-refractivity contribution in [1.29, 1.82) is 0 Å². The van der Waals surface area contributed by atoms with Crippen molar-refractivity contribution in [2.45, 2.75) is 65.5 Å². The Balaban J connectivity index is 1.52. The van der Waals surface area contributed by atoms with E-state index in [0.29, 0.717) is 30.7 Å². The Morgan fingerprint density at radius 3 is 2.92 bits per heavy atom. The van der Waals surface area contributed by atoms with Crippen molar-refractivity contribution < 1.29 is 9.32 Å². The van der Waals surface area contributed by atoms with Gasteiger partial charge in [-0.05, 0) is 37.2 Å². The number of hydrogen-bond acceptors (Lipinski definition) is 5. The summed E-state index contributed by atoms with van der Waals surface area (Å²) in [6.45, 7) is 4.93. The van der Waals surface area contributed by atoms with E-state index in [2.05, 4.69) is 39.5 Å². The number of amides is 2. The standard InChI is InChI=1S/C18H28N6O2/c1-12(2)9-17-20-16(23-26-17)11-24(3)18(25)19-10-15-13-7-5-4-6-8-14(13)21-22-15/h12H,4-11H2,1-3H3,(H,19,25)(H,21,22). The highest BCUT2D eigenvalue weighted by atomic mass is 16.5. The van der Waals surface area contributed by atoms with Crippen LogP contribution in [0.3, 0.4) is 0 Å². The predicted molar refractivity (Wildman–Crippen MR) is 96.4 cm³/mol. The van der Waals surface area contributed by atoms with Crippen LogP contribution in [0, 0.1) is 5.92 Å². The smallest absolute Gasteiger partial charge is 0.317 e. The summed E-state index contributed by atoms with van der Waals surface area (Å²) in [5, 5.41) is 14.4.